The van der Waals surface area contributed by atoms with E-state index in [1.54, 1.807) is 0 Å². The zero-order valence-electron chi connectivity index (χ0n) is 30.8. The van der Waals surface area contributed by atoms with Crippen molar-refractivity contribution in [2.75, 3.05) is 6.61 Å². The maximum absolute atomic E-state index is 15.8. The van der Waals surface area contributed by atoms with E-state index in [0.29, 0.717) is 10.6 Å². The first kappa shape index (κ1) is 15.4. The molecular weight excluding hydrogens is 487 g/mol. The smallest absolute Gasteiger partial charge is 0.395 e. The number of fused-ring (bicyclic) bond motifs is 2. The molecule has 0 spiro atoms. The topological polar surface area (TPSA) is 80.9 Å². The Morgan fingerprint density at radius 3 is 2.70 bits per heavy atom. The Hall–Kier alpha value is -3.04. The number of hydrogen-bond donors (Lipinski definition) is 2. The zero-order valence-corrected chi connectivity index (χ0v) is 19.8. The average Bonchev–Trinajstić information content (AvgIpc) is 3.55. The number of carbonyl (C=O) groups is 1. The van der Waals surface area contributed by atoms with Crippen LogP contribution in [0.1, 0.15) is 71.8 Å². The van der Waals surface area contributed by atoms with E-state index in [-0.39, 0.29) is 29.4 Å². The second-order valence-electron chi connectivity index (χ2n) is 9.22. The largest absolute Gasteiger partial charge is 0.586 e. The summed E-state index contributed by atoms with van der Waals surface area (Å²) in [5.41, 5.74) is -5.97. The molecule has 198 valence electrons. The lowest BCUT2D eigenvalue weighted by atomic mass is 9.86. The van der Waals surface area contributed by atoms with Gasteiger partial charge in [-0.15, -0.1) is 8.78 Å². The molecule has 0 bridgehead atoms. The lowest BCUT2D eigenvalue weighted by Gasteiger charge is -2.26. The van der Waals surface area contributed by atoms with Crippen LogP contribution in [0.4, 0.5) is 13.2 Å². The Kier molecular flexibility index (Phi) is 3.65. The fraction of sp³-hybridized carbons (Fsp3) is 0.464. The molecule has 37 heavy (non-hydrogen) atoms. The number of aliphatic hydroxyl groups excluding tert-OH is 1. The van der Waals surface area contributed by atoms with Crippen molar-refractivity contribution in [2.45, 2.75) is 76.0 Å². The van der Waals surface area contributed by atoms with Gasteiger partial charge < -0.3 is 24.3 Å². The van der Waals surface area contributed by atoms with Crippen LogP contribution in [0.5, 0.6) is 11.5 Å². The van der Waals surface area contributed by atoms with Crippen molar-refractivity contribution in [3.63, 3.8) is 0 Å². The van der Waals surface area contributed by atoms with Crippen LogP contribution in [0.15, 0.2) is 36.3 Å². The summed E-state index contributed by atoms with van der Waals surface area (Å²) in [7, 11) is 0. The van der Waals surface area contributed by atoms with Crippen LogP contribution in [0, 0.1) is 5.82 Å². The molecule has 0 saturated heterocycles. The second-order valence-corrected chi connectivity index (χ2v) is 9.22. The summed E-state index contributed by atoms with van der Waals surface area (Å²) in [6, 6.07) is 0.458. The van der Waals surface area contributed by atoms with Gasteiger partial charge in [0.2, 0.25) is 0 Å². The molecule has 2 heterocycles. The molecule has 9 heteroatoms. The summed E-state index contributed by atoms with van der Waals surface area (Å²) in [6.07, 6.45) is -10.8. The van der Waals surface area contributed by atoms with E-state index in [2.05, 4.69) is 9.47 Å². The van der Waals surface area contributed by atoms with E-state index in [1.807, 2.05) is 0 Å². The molecule has 1 aliphatic carbocycles. The molecular formula is C28H30F3NO5. The lowest BCUT2D eigenvalue weighted by molar-refractivity contribution is -0.286. The van der Waals surface area contributed by atoms with E-state index in [4.69, 9.17) is 15.1 Å². The van der Waals surface area contributed by atoms with Gasteiger partial charge in [-0.2, -0.15) is 0 Å². The van der Waals surface area contributed by atoms with Gasteiger partial charge in [0.25, 0.3) is 0 Å². The third kappa shape index (κ3) is 4.48. The van der Waals surface area contributed by atoms with E-state index < -0.39 is 108 Å². The van der Waals surface area contributed by atoms with Crippen molar-refractivity contribution in [2.24, 2.45) is 0 Å². The molecule has 1 saturated carbocycles. The first-order chi connectivity index (χ1) is 21.7. The van der Waals surface area contributed by atoms with Gasteiger partial charge >= 0.3 is 6.29 Å². The standard InChI is InChI=1S/C28H30F3NO5/c1-4-26(2,3)24-10-17-9-16(20(29)13-21(17)32(24)14-19(34)15-33)11-25(35)27(7-8-27)18-5-6-22-23(12-18)37-28(30,31)36-22/h5-6,9-10,12-13,19,33-34H,4,7-8,11,14-15H2,1-3H3/t19-/m1/s1/i2D3,4D2,5D,6D,12D,14D2,19D/t19-,26?. The maximum atomic E-state index is 15.8. The van der Waals surface area contributed by atoms with Crippen LogP contribution in [0.3, 0.4) is 0 Å². The van der Waals surface area contributed by atoms with E-state index in [0.717, 1.165) is 26.0 Å². The second kappa shape index (κ2) is 8.77. The number of aromatic nitrogens is 1. The number of ether oxygens (including phenoxy) is 2. The lowest BCUT2D eigenvalue weighted by Crippen LogP contribution is -2.26. The predicted molar refractivity (Wildman–Crippen MR) is 131 cm³/mol. The van der Waals surface area contributed by atoms with Crippen molar-refractivity contribution in [3.05, 3.63) is 59.0 Å². The monoisotopic (exact) mass is 528 g/mol. The number of rotatable bonds is 9. The van der Waals surface area contributed by atoms with Crippen LogP contribution >= 0.6 is 0 Å². The molecule has 1 fully saturated rings. The van der Waals surface area contributed by atoms with Crippen LogP contribution in [-0.2, 0) is 28.5 Å². The quantitative estimate of drug-likeness (QED) is 0.409. The number of alkyl halides is 2. The molecule has 2 aromatic carbocycles. The third-order valence-electron chi connectivity index (χ3n) is 6.67. The van der Waals surface area contributed by atoms with Crippen molar-refractivity contribution in [1.29, 1.82) is 0 Å². The fourth-order valence-electron chi connectivity index (χ4n) is 4.35. The van der Waals surface area contributed by atoms with Gasteiger partial charge in [-0.25, -0.2) is 4.39 Å². The summed E-state index contributed by atoms with van der Waals surface area (Å²) in [5.74, 6) is -3.57. The number of halogens is 3. The molecule has 6 nitrogen and oxygen atoms in total. The Balaban J connectivity index is 1.67. The van der Waals surface area contributed by atoms with Gasteiger partial charge in [-0.3, -0.25) is 4.79 Å². The average molecular weight is 529 g/mol. The number of aliphatic hydroxyl groups is 2. The highest BCUT2D eigenvalue weighted by Gasteiger charge is 2.52. The summed E-state index contributed by atoms with van der Waals surface area (Å²) >= 11 is 0. The van der Waals surface area contributed by atoms with Crippen molar-refractivity contribution >= 4 is 16.7 Å². The molecule has 5 rings (SSSR count). The number of Topliss-reactive ketones (excluding diaryl/α,β-unsaturated/α-hetero) is 1. The molecule has 0 amide bonds. The number of ketones is 1. The number of benzene rings is 2. The first-order valence-electron chi connectivity index (χ1n) is 16.8. The van der Waals surface area contributed by atoms with Gasteiger partial charge in [-0.05, 0) is 60.6 Å². The van der Waals surface area contributed by atoms with Crippen molar-refractivity contribution < 1.29 is 52.7 Å². The van der Waals surface area contributed by atoms with E-state index >= 15 is 4.39 Å². The molecule has 2 aliphatic rings. The predicted octanol–water partition coefficient (Wildman–Crippen LogP) is 4.99. The Bertz CT molecular complexity index is 1840. The molecule has 0 radical (unpaired) electrons. The summed E-state index contributed by atoms with van der Waals surface area (Å²) in [4.78, 5) is 13.8. The zero-order chi connectivity index (χ0) is 36.4. The van der Waals surface area contributed by atoms with Crippen molar-refractivity contribution in [3.8, 4) is 11.5 Å². The molecule has 3 aromatic rings. The Morgan fingerprint density at radius 1 is 1.32 bits per heavy atom. The van der Waals surface area contributed by atoms with Crippen LogP contribution < -0.4 is 9.47 Å². The Labute approximate surface area is 228 Å². The summed E-state index contributed by atoms with van der Waals surface area (Å²) < 4.78 is 144. The first-order valence-corrected chi connectivity index (χ1v) is 11.3. The van der Waals surface area contributed by atoms with E-state index in [9.17, 15) is 23.8 Å². The van der Waals surface area contributed by atoms with Crippen LogP contribution in [0.2, 0.25) is 0 Å². The number of nitrogens with zero attached hydrogens (tertiary/aromatic N) is 1. The highest BCUT2D eigenvalue weighted by Crippen LogP contribution is 2.52. The normalized spacial score (nSPS) is 25.9. The number of carbonyl (C=O) groups excluding carboxylic acids is 1. The molecule has 2 atom stereocenters. The molecule has 1 aliphatic heterocycles. The van der Waals surface area contributed by atoms with Gasteiger partial charge in [0.05, 0.1) is 38.3 Å². The van der Waals surface area contributed by atoms with Crippen LogP contribution in [-0.4, -0.2) is 39.5 Å². The fourth-order valence-corrected chi connectivity index (χ4v) is 4.35. The van der Waals surface area contributed by atoms with Gasteiger partial charge in [0, 0.05) is 29.8 Å². The molecule has 1 unspecified atom stereocenters. The summed E-state index contributed by atoms with van der Waals surface area (Å²) in [6.45, 7) is -6.16. The van der Waals surface area contributed by atoms with Gasteiger partial charge in [0.15, 0.2) is 11.5 Å². The molecule has 1 aromatic heterocycles. The highest BCUT2D eigenvalue weighted by atomic mass is 19.3. The minimum Gasteiger partial charge on any atom is -0.395 e. The van der Waals surface area contributed by atoms with Crippen LogP contribution in [0.25, 0.3) is 10.9 Å². The SMILES string of the molecule is [2H]c1c([2H])c(C2(C(=O)Cc3cc4cc(C(C)(C([2H])([2H])[2H])C([2H])([2H])C)n(C([2H])([2H])[C@@]([2H])(O)CO)c4cc3F)CC2)c([2H])c2c1OC(F)(F)O2. The highest BCUT2D eigenvalue weighted by molar-refractivity contribution is 5.95. The third-order valence-corrected chi connectivity index (χ3v) is 6.67. The van der Waals surface area contributed by atoms with E-state index in [1.165, 1.54) is 0 Å². The van der Waals surface area contributed by atoms with Crippen molar-refractivity contribution in [1.82, 2.24) is 4.57 Å². The number of hydrogen-bond acceptors (Lipinski definition) is 5. The summed E-state index contributed by atoms with van der Waals surface area (Å²) in [5, 5.41) is 20.0. The van der Waals surface area contributed by atoms with Gasteiger partial charge in [-0.1, -0.05) is 26.7 Å². The maximum Gasteiger partial charge on any atom is 0.586 e. The minimum absolute atomic E-state index is 0.0232. The minimum atomic E-state index is -4.21. The Morgan fingerprint density at radius 2 is 2.05 bits per heavy atom. The van der Waals surface area contributed by atoms with Gasteiger partial charge in [0.1, 0.15) is 11.6 Å². The molecule has 2 N–H and O–H groups in total.